The summed E-state index contributed by atoms with van der Waals surface area (Å²) in [6.07, 6.45) is 15.2. The molecule has 0 aliphatic heterocycles. The van der Waals surface area contributed by atoms with Gasteiger partial charge in [0.1, 0.15) is 0 Å². The first-order valence-electron chi connectivity index (χ1n) is 15.2. The van der Waals surface area contributed by atoms with E-state index in [1.165, 1.54) is 33.2 Å². The van der Waals surface area contributed by atoms with Crippen LogP contribution in [-0.4, -0.2) is 33.2 Å². The topological polar surface area (TPSA) is 73.9 Å². The molecular weight excluding hydrogens is 610 g/mol. The van der Waals surface area contributed by atoms with E-state index in [1.807, 2.05) is 113 Å². The Morgan fingerprint density at radius 2 is 1.06 bits per heavy atom. The van der Waals surface area contributed by atoms with E-state index in [4.69, 9.17) is 11.6 Å². The lowest BCUT2D eigenvalue weighted by atomic mass is 10.1. The molecule has 47 heavy (non-hydrogen) atoms. The highest BCUT2D eigenvalue weighted by Crippen LogP contribution is 2.17. The molecule has 0 radical (unpaired) electrons. The van der Waals surface area contributed by atoms with E-state index >= 15 is 0 Å². The summed E-state index contributed by atoms with van der Waals surface area (Å²) in [5.74, 6) is 0. The highest BCUT2D eigenvalue weighted by molar-refractivity contribution is 6.31. The van der Waals surface area contributed by atoms with Gasteiger partial charge in [-0.3, -0.25) is 9.55 Å². The Morgan fingerprint density at radius 3 is 1.70 bits per heavy atom. The van der Waals surface area contributed by atoms with E-state index in [2.05, 4.69) is 88.8 Å². The predicted molar refractivity (Wildman–Crippen MR) is 184 cm³/mol. The van der Waals surface area contributed by atoms with Crippen molar-refractivity contribution in [2.45, 2.75) is 13.8 Å². The van der Waals surface area contributed by atoms with E-state index in [1.54, 1.807) is 6.33 Å². The van der Waals surface area contributed by atoms with Crippen molar-refractivity contribution in [1.82, 2.24) is 33.2 Å². The summed E-state index contributed by atoms with van der Waals surface area (Å²) in [5.41, 5.74) is 12.0. The molecule has 12 heteroatoms. The summed E-state index contributed by atoms with van der Waals surface area (Å²) < 4.78 is 16.5. The lowest BCUT2D eigenvalue weighted by molar-refractivity contribution is -0.647. The lowest BCUT2D eigenvalue weighted by Gasteiger charge is -1.97. The van der Waals surface area contributed by atoms with Gasteiger partial charge in [-0.25, -0.2) is 37.0 Å². The van der Waals surface area contributed by atoms with E-state index in [-0.39, 0.29) is 0 Å². The number of benzene rings is 2. The van der Waals surface area contributed by atoms with Crippen LogP contribution in [0.1, 0.15) is 11.1 Å². The number of nitrogens with zero attached hydrogens (tertiary/aromatic N) is 11. The van der Waals surface area contributed by atoms with E-state index in [9.17, 15) is 0 Å². The second-order valence-electron chi connectivity index (χ2n) is 12.0. The van der Waals surface area contributed by atoms with E-state index < -0.39 is 0 Å². The number of halogens is 1. The van der Waals surface area contributed by atoms with Gasteiger partial charge < -0.3 is 0 Å². The summed E-state index contributed by atoms with van der Waals surface area (Å²) in [7, 11) is 16.2. The van der Waals surface area contributed by atoms with Crippen LogP contribution in [0.3, 0.4) is 0 Å². The minimum atomic E-state index is 0.782. The normalized spacial score (nSPS) is 10.9. The first kappa shape index (κ1) is 33.2. The Morgan fingerprint density at radius 1 is 0.553 bits per heavy atom. The fourth-order valence-corrected chi connectivity index (χ4v) is 5.91. The summed E-state index contributed by atoms with van der Waals surface area (Å²) in [6, 6.07) is 12.4. The van der Waals surface area contributed by atoms with E-state index in [0.29, 0.717) is 0 Å². The number of rotatable bonds is 0. The van der Waals surface area contributed by atoms with Gasteiger partial charge in [-0.15, -0.1) is 0 Å². The Kier molecular flexibility index (Phi) is 9.67. The van der Waals surface area contributed by atoms with Gasteiger partial charge in [-0.2, -0.15) is 0 Å². The second-order valence-corrected chi connectivity index (χ2v) is 12.4. The van der Waals surface area contributed by atoms with Crippen molar-refractivity contribution in [1.29, 1.82) is 0 Å². The quantitative estimate of drug-likeness (QED) is 0.236. The fourth-order valence-electron chi connectivity index (χ4n) is 5.74. The molecule has 0 unspecified atom stereocenters. The van der Waals surface area contributed by atoms with Gasteiger partial charge >= 0.3 is 5.65 Å². The maximum atomic E-state index is 5.88. The molecule has 0 saturated carbocycles. The van der Waals surface area contributed by atoms with Gasteiger partial charge in [0, 0.05) is 23.4 Å². The minimum absolute atomic E-state index is 0.782. The summed E-state index contributed by atoms with van der Waals surface area (Å²) in [4.78, 5) is 12.1. The molecule has 0 bridgehead atoms. The second kappa shape index (κ2) is 13.7. The maximum Gasteiger partial charge on any atom is 0.304 e. The fraction of sp³-hybridized carbons (Fsp3) is 0.286. The molecule has 0 aliphatic rings. The molecule has 0 atom stereocenters. The third kappa shape index (κ3) is 7.00. The molecule has 0 aliphatic carbocycles. The number of fused-ring (bicyclic) bond motifs is 4. The van der Waals surface area contributed by atoms with Crippen molar-refractivity contribution in [2.24, 2.45) is 56.4 Å². The van der Waals surface area contributed by atoms with Crippen LogP contribution in [0.2, 0.25) is 5.02 Å². The largest absolute Gasteiger partial charge is 0.304 e. The molecule has 0 fully saturated rings. The van der Waals surface area contributed by atoms with Crippen LogP contribution in [0, 0.1) is 13.8 Å². The standard InChI is InChI=1S/C11H15N2.C9H10ClN2.C8H10N3.C7H9N4/c1-8-5-10-11(6-9(8)2)13(4)7-12(10)3;1-11-6-12(2)9-5-7(10)3-4-8(9)11;1-10-6-11(2)8-5-9-4-3-7(8)10;1-10-5-11(2)7-6(10)3-8-4-9-7/h5-7H,1-4H3;3-6H,1-2H3;3-6H,1-2H3;3-5H,1-2H3/q4*+1. The Hall–Kier alpha value is -5.16. The molecule has 0 saturated heterocycles. The number of hydrogen-bond donors (Lipinski definition) is 0. The van der Waals surface area contributed by atoms with Crippen molar-refractivity contribution in [3.05, 3.63) is 103 Å². The first-order chi connectivity index (χ1) is 22.3. The summed E-state index contributed by atoms with van der Waals surface area (Å²) in [6.45, 7) is 4.31. The van der Waals surface area contributed by atoms with Gasteiger partial charge in [-0.05, 0) is 49.2 Å². The number of imidazole rings is 4. The molecule has 8 aromatic rings. The molecule has 6 heterocycles. The van der Waals surface area contributed by atoms with Crippen molar-refractivity contribution in [3.8, 4) is 0 Å². The summed E-state index contributed by atoms with van der Waals surface area (Å²) >= 11 is 5.88. The van der Waals surface area contributed by atoms with Gasteiger partial charge in [0.2, 0.25) is 19.0 Å². The molecule has 0 N–H and O–H groups in total. The van der Waals surface area contributed by atoms with Crippen molar-refractivity contribution in [2.75, 3.05) is 0 Å². The third-order valence-corrected chi connectivity index (χ3v) is 8.59. The van der Waals surface area contributed by atoms with Gasteiger partial charge in [0.05, 0.1) is 68.8 Å². The Balaban J connectivity index is 0.000000123. The number of pyridine rings is 1. The molecule has 242 valence electrons. The maximum absolute atomic E-state index is 5.88. The van der Waals surface area contributed by atoms with Crippen molar-refractivity contribution >= 4 is 55.9 Å². The molecule has 0 spiro atoms. The monoisotopic (exact) mass is 653 g/mol. The lowest BCUT2D eigenvalue weighted by Crippen LogP contribution is -2.26. The minimum Gasteiger partial charge on any atom is -0.262 e. The SMILES string of the molecule is Cc1cc2c(cc1C)[n+](C)cn2C.Cn1c[n+](C)c2ccc(Cl)cc21.Cn1c[n+](C)c2ccncc21.Cn1c[n+](C)c2ncncc21. The smallest absolute Gasteiger partial charge is 0.262 e. The zero-order chi connectivity index (χ0) is 34.0. The molecule has 11 nitrogen and oxygen atoms in total. The first-order valence-corrected chi connectivity index (χ1v) is 15.6. The summed E-state index contributed by atoms with van der Waals surface area (Å²) in [5, 5.41) is 0.782. The molecule has 2 aromatic carbocycles. The number of hydrogen-bond acceptors (Lipinski definition) is 3. The van der Waals surface area contributed by atoms with Gasteiger partial charge in [0.15, 0.2) is 51.3 Å². The highest BCUT2D eigenvalue weighted by atomic mass is 35.5. The Bertz CT molecular complexity index is 2150. The van der Waals surface area contributed by atoms with Crippen molar-refractivity contribution in [3.63, 3.8) is 0 Å². The average Bonchev–Trinajstić information content (AvgIpc) is 3.70. The van der Waals surface area contributed by atoms with Crippen LogP contribution >= 0.6 is 11.6 Å². The van der Waals surface area contributed by atoms with E-state index in [0.717, 1.165) is 27.2 Å². The van der Waals surface area contributed by atoms with Crippen LogP contribution in [0.4, 0.5) is 0 Å². The van der Waals surface area contributed by atoms with Crippen LogP contribution in [0.25, 0.3) is 44.3 Å². The number of aryl methyl sites for hydroxylation is 10. The predicted octanol–water partition coefficient (Wildman–Crippen LogP) is 3.47. The van der Waals surface area contributed by atoms with Crippen molar-refractivity contribution < 1.29 is 18.3 Å². The third-order valence-electron chi connectivity index (χ3n) is 8.36. The molecule has 0 amide bonds. The zero-order valence-electron chi connectivity index (χ0n) is 28.9. The van der Waals surface area contributed by atoms with Crippen LogP contribution in [-0.2, 0) is 56.4 Å². The molecule has 6 aromatic heterocycles. The zero-order valence-corrected chi connectivity index (χ0v) is 29.6. The van der Waals surface area contributed by atoms with Gasteiger partial charge in [-0.1, -0.05) is 16.6 Å². The highest BCUT2D eigenvalue weighted by Gasteiger charge is 2.12. The van der Waals surface area contributed by atoms with Crippen LogP contribution in [0.5, 0.6) is 0 Å². The molecule has 8 rings (SSSR count). The molecular formula is C35H44ClN11+4. The van der Waals surface area contributed by atoms with Crippen LogP contribution < -0.4 is 18.3 Å². The number of aromatic nitrogens is 11. The average molecular weight is 654 g/mol. The Labute approximate surface area is 279 Å². The van der Waals surface area contributed by atoms with Gasteiger partial charge in [0.25, 0.3) is 0 Å². The van der Waals surface area contributed by atoms with Crippen LogP contribution in [0.15, 0.2) is 86.6 Å².